The molecule has 1 aliphatic heterocycles. The predicted molar refractivity (Wildman–Crippen MR) is 55.2 cm³/mol. The van der Waals surface area contributed by atoms with Crippen LogP contribution in [0.15, 0.2) is 18.2 Å². The highest BCUT2D eigenvalue weighted by Crippen LogP contribution is 2.40. The summed E-state index contributed by atoms with van der Waals surface area (Å²) in [5, 5.41) is 3.50. The van der Waals surface area contributed by atoms with Crippen LogP contribution in [0.2, 0.25) is 0 Å². The molecule has 1 heteroatoms. The third-order valence-electron chi connectivity index (χ3n) is 3.41. The smallest absolute Gasteiger partial charge is 0.0378 e. The number of hydrogen-bond acceptors (Lipinski definition) is 1. The maximum absolute atomic E-state index is 3.50. The van der Waals surface area contributed by atoms with E-state index < -0.39 is 0 Å². The number of benzene rings is 1. The van der Waals surface area contributed by atoms with E-state index in [4.69, 9.17) is 0 Å². The maximum atomic E-state index is 3.50. The van der Waals surface area contributed by atoms with E-state index in [2.05, 4.69) is 23.5 Å². The van der Waals surface area contributed by atoms with Gasteiger partial charge in [-0.2, -0.15) is 0 Å². The van der Waals surface area contributed by atoms with Crippen molar-refractivity contribution in [2.75, 3.05) is 11.9 Å². The summed E-state index contributed by atoms with van der Waals surface area (Å²) in [5.41, 5.74) is 4.65. The van der Waals surface area contributed by atoms with Crippen LogP contribution in [0.3, 0.4) is 0 Å². The fourth-order valence-corrected chi connectivity index (χ4v) is 2.82. The molecule has 0 saturated heterocycles. The second-order valence-electron chi connectivity index (χ2n) is 4.18. The molecule has 3 rings (SSSR count). The van der Waals surface area contributed by atoms with E-state index in [1.54, 1.807) is 11.1 Å². The first-order valence-electron chi connectivity index (χ1n) is 5.31. The molecule has 1 aliphatic carbocycles. The van der Waals surface area contributed by atoms with Crippen LogP contribution in [-0.4, -0.2) is 6.54 Å². The molecule has 0 fully saturated rings. The summed E-state index contributed by atoms with van der Waals surface area (Å²) in [6.07, 6.45) is 5.43. The van der Waals surface area contributed by atoms with Crippen molar-refractivity contribution in [3.05, 3.63) is 29.3 Å². The Hall–Kier alpha value is -0.980. The van der Waals surface area contributed by atoms with Crippen LogP contribution < -0.4 is 5.32 Å². The van der Waals surface area contributed by atoms with Crippen molar-refractivity contribution in [2.45, 2.75) is 31.6 Å². The van der Waals surface area contributed by atoms with E-state index in [1.165, 1.54) is 37.9 Å². The Morgan fingerprint density at radius 1 is 1.23 bits per heavy atom. The lowest BCUT2D eigenvalue weighted by Gasteiger charge is -2.32. The molecule has 0 aromatic heterocycles. The molecule has 1 nitrogen and oxygen atoms in total. The maximum Gasteiger partial charge on any atom is 0.0378 e. The molecule has 68 valence electrons. The van der Waals surface area contributed by atoms with Crippen molar-refractivity contribution in [3.63, 3.8) is 0 Å². The molecular weight excluding hydrogens is 158 g/mol. The molecule has 0 amide bonds. The van der Waals surface area contributed by atoms with Crippen LogP contribution in [0.5, 0.6) is 0 Å². The second kappa shape index (κ2) is 2.76. The fraction of sp³-hybridized carbons (Fsp3) is 0.500. The van der Waals surface area contributed by atoms with Crippen molar-refractivity contribution in [1.29, 1.82) is 0 Å². The lowest BCUT2D eigenvalue weighted by molar-refractivity contribution is 0.520. The third kappa shape index (κ3) is 1.06. The average molecular weight is 173 g/mol. The lowest BCUT2D eigenvalue weighted by Crippen LogP contribution is -2.21. The zero-order valence-corrected chi connectivity index (χ0v) is 7.84. The van der Waals surface area contributed by atoms with Crippen molar-refractivity contribution >= 4 is 5.69 Å². The van der Waals surface area contributed by atoms with Crippen LogP contribution in [0.25, 0.3) is 0 Å². The normalized spacial score (nSPS) is 24.8. The van der Waals surface area contributed by atoms with E-state index in [9.17, 15) is 0 Å². The van der Waals surface area contributed by atoms with Crippen molar-refractivity contribution in [3.8, 4) is 0 Å². The molecular formula is C12H15N. The fourth-order valence-electron chi connectivity index (χ4n) is 2.82. The molecule has 1 heterocycles. The van der Waals surface area contributed by atoms with Gasteiger partial charge in [0.2, 0.25) is 0 Å². The van der Waals surface area contributed by atoms with Gasteiger partial charge >= 0.3 is 0 Å². The summed E-state index contributed by atoms with van der Waals surface area (Å²) < 4.78 is 0. The van der Waals surface area contributed by atoms with Gasteiger partial charge in [-0.15, -0.1) is 0 Å². The van der Waals surface area contributed by atoms with Crippen molar-refractivity contribution in [2.24, 2.45) is 0 Å². The zero-order chi connectivity index (χ0) is 8.67. The first-order chi connectivity index (χ1) is 6.45. The molecule has 0 radical (unpaired) electrons. The topological polar surface area (TPSA) is 12.0 Å². The van der Waals surface area contributed by atoms with Gasteiger partial charge in [-0.1, -0.05) is 12.1 Å². The number of anilines is 1. The highest BCUT2D eigenvalue weighted by Gasteiger charge is 2.25. The Morgan fingerprint density at radius 3 is 3.23 bits per heavy atom. The third-order valence-corrected chi connectivity index (χ3v) is 3.41. The molecule has 13 heavy (non-hydrogen) atoms. The van der Waals surface area contributed by atoms with Gasteiger partial charge in [-0.3, -0.25) is 0 Å². The summed E-state index contributed by atoms with van der Waals surface area (Å²) in [7, 11) is 0. The Bertz CT molecular complexity index is 302. The average Bonchev–Trinajstić information content (AvgIpc) is 2.19. The summed E-state index contributed by atoms with van der Waals surface area (Å²) in [5.74, 6) is 0.862. The van der Waals surface area contributed by atoms with Gasteiger partial charge in [0.05, 0.1) is 0 Å². The molecule has 0 spiro atoms. The first kappa shape index (κ1) is 7.43. The van der Waals surface area contributed by atoms with Gasteiger partial charge in [0.1, 0.15) is 0 Å². The Morgan fingerprint density at radius 2 is 2.23 bits per heavy atom. The van der Waals surface area contributed by atoms with Crippen molar-refractivity contribution in [1.82, 2.24) is 0 Å². The Kier molecular flexibility index (Phi) is 1.58. The van der Waals surface area contributed by atoms with E-state index in [-0.39, 0.29) is 0 Å². The summed E-state index contributed by atoms with van der Waals surface area (Å²) in [6, 6.07) is 6.73. The van der Waals surface area contributed by atoms with Gasteiger partial charge in [0.25, 0.3) is 0 Å². The van der Waals surface area contributed by atoms with E-state index in [0.717, 1.165) is 5.92 Å². The molecule has 0 bridgehead atoms. The molecule has 1 N–H and O–H groups in total. The van der Waals surface area contributed by atoms with Crippen LogP contribution >= 0.6 is 0 Å². The van der Waals surface area contributed by atoms with Gasteiger partial charge < -0.3 is 5.32 Å². The van der Waals surface area contributed by atoms with Crippen LogP contribution in [-0.2, 0) is 6.42 Å². The van der Waals surface area contributed by atoms with Crippen LogP contribution in [0.4, 0.5) is 5.69 Å². The molecule has 1 aromatic rings. The highest BCUT2D eigenvalue weighted by molar-refractivity contribution is 5.59. The number of rotatable bonds is 0. The zero-order valence-electron chi connectivity index (χ0n) is 7.84. The monoisotopic (exact) mass is 173 g/mol. The Balaban J connectivity index is 2.18. The molecule has 0 unspecified atom stereocenters. The Labute approximate surface area is 79.2 Å². The lowest BCUT2D eigenvalue weighted by atomic mass is 9.78. The summed E-state index contributed by atoms with van der Waals surface area (Å²) in [6.45, 7) is 1.17. The molecule has 1 atom stereocenters. The van der Waals surface area contributed by atoms with Gasteiger partial charge in [-0.25, -0.2) is 0 Å². The van der Waals surface area contributed by atoms with Crippen LogP contribution in [0, 0.1) is 0 Å². The molecule has 1 aromatic carbocycles. The van der Waals surface area contributed by atoms with E-state index in [1.807, 2.05) is 0 Å². The minimum Gasteiger partial charge on any atom is -0.385 e. The van der Waals surface area contributed by atoms with Gasteiger partial charge in [0.15, 0.2) is 0 Å². The van der Waals surface area contributed by atoms with E-state index in [0.29, 0.717) is 0 Å². The largest absolute Gasteiger partial charge is 0.385 e. The predicted octanol–water partition coefficient (Wildman–Crippen LogP) is 2.92. The standard InChI is InChI=1S/C12H15N/c1-3-9-5-2-6-11-12(9)10(4-1)7-8-13-11/h2,5-6,10,13H,1,3-4,7-8H2/t10-/m1/s1. The summed E-state index contributed by atoms with van der Waals surface area (Å²) >= 11 is 0. The van der Waals surface area contributed by atoms with E-state index >= 15 is 0 Å². The highest BCUT2D eigenvalue weighted by atomic mass is 14.9. The molecule has 2 aliphatic rings. The SMILES string of the molecule is c1cc2c3c(c1)NCC[C@H]3CCC2. The quantitative estimate of drug-likeness (QED) is 0.636. The number of nitrogens with one attached hydrogen (secondary N) is 1. The number of hydrogen-bond donors (Lipinski definition) is 1. The molecule has 0 saturated carbocycles. The van der Waals surface area contributed by atoms with Gasteiger partial charge in [-0.05, 0) is 48.8 Å². The first-order valence-corrected chi connectivity index (χ1v) is 5.31. The summed E-state index contributed by atoms with van der Waals surface area (Å²) in [4.78, 5) is 0. The van der Waals surface area contributed by atoms with Crippen molar-refractivity contribution < 1.29 is 0 Å². The second-order valence-corrected chi connectivity index (χ2v) is 4.18. The minimum atomic E-state index is 0.862. The van der Waals surface area contributed by atoms with Crippen LogP contribution in [0.1, 0.15) is 36.3 Å². The minimum absolute atomic E-state index is 0.862. The van der Waals surface area contributed by atoms with Gasteiger partial charge in [0, 0.05) is 12.2 Å². The number of aryl methyl sites for hydroxylation is 1.